The molecule has 1 heterocycles. The molecule has 80 valence electrons. The van der Waals surface area contributed by atoms with Crippen molar-refractivity contribution in [3.05, 3.63) is 17.8 Å². The molecule has 0 aromatic carbocycles. The summed E-state index contributed by atoms with van der Waals surface area (Å²) in [6.07, 6.45) is 2.56. The predicted octanol–water partition coefficient (Wildman–Crippen LogP) is 2.08. The molecule has 0 N–H and O–H groups in total. The number of oxazole rings is 1. The van der Waals surface area contributed by atoms with Crippen LogP contribution in [0.4, 0.5) is 0 Å². The van der Waals surface area contributed by atoms with E-state index in [0.29, 0.717) is 11.7 Å². The third-order valence-corrected chi connectivity index (χ3v) is 3.63. The van der Waals surface area contributed by atoms with Gasteiger partial charge in [-0.3, -0.25) is 0 Å². The SMILES string of the molecule is CC(Cl)c1ncc(C(C)S(C)(=O)=O)o1. The Morgan fingerprint density at radius 2 is 2.07 bits per heavy atom. The van der Waals surface area contributed by atoms with Gasteiger partial charge in [-0.15, -0.1) is 11.6 Å². The summed E-state index contributed by atoms with van der Waals surface area (Å²) < 4.78 is 27.6. The summed E-state index contributed by atoms with van der Waals surface area (Å²) in [6.45, 7) is 3.26. The summed E-state index contributed by atoms with van der Waals surface area (Å²) in [5, 5.41) is -1.03. The van der Waals surface area contributed by atoms with Gasteiger partial charge in [0, 0.05) is 6.26 Å². The van der Waals surface area contributed by atoms with E-state index in [1.165, 1.54) is 6.20 Å². The van der Waals surface area contributed by atoms with Crippen molar-refractivity contribution in [2.75, 3.05) is 6.26 Å². The molecule has 2 unspecified atom stereocenters. The zero-order valence-electron chi connectivity index (χ0n) is 8.19. The van der Waals surface area contributed by atoms with Crippen molar-refractivity contribution in [3.8, 4) is 0 Å². The van der Waals surface area contributed by atoms with Crippen molar-refractivity contribution in [2.45, 2.75) is 24.5 Å². The fraction of sp³-hybridized carbons (Fsp3) is 0.625. The van der Waals surface area contributed by atoms with E-state index in [-0.39, 0.29) is 5.38 Å². The molecule has 6 heteroatoms. The second-order valence-corrected chi connectivity index (χ2v) is 6.21. The first-order chi connectivity index (χ1) is 6.32. The lowest BCUT2D eigenvalue weighted by Gasteiger charge is -2.04. The molecule has 0 aliphatic rings. The average molecular weight is 238 g/mol. The van der Waals surface area contributed by atoms with Crippen molar-refractivity contribution in [1.82, 2.24) is 4.98 Å². The molecule has 0 amide bonds. The molecule has 0 bridgehead atoms. The van der Waals surface area contributed by atoms with Crippen molar-refractivity contribution in [1.29, 1.82) is 0 Å². The van der Waals surface area contributed by atoms with Crippen LogP contribution in [0.5, 0.6) is 0 Å². The largest absolute Gasteiger partial charge is 0.443 e. The maximum Gasteiger partial charge on any atom is 0.212 e. The van der Waals surface area contributed by atoms with Gasteiger partial charge < -0.3 is 4.42 Å². The van der Waals surface area contributed by atoms with Gasteiger partial charge in [0.25, 0.3) is 0 Å². The van der Waals surface area contributed by atoms with Crippen LogP contribution in [0.1, 0.15) is 36.1 Å². The van der Waals surface area contributed by atoms with Crippen LogP contribution in [0.3, 0.4) is 0 Å². The zero-order chi connectivity index (χ0) is 10.9. The Morgan fingerprint density at radius 3 is 2.43 bits per heavy atom. The van der Waals surface area contributed by atoms with E-state index in [1.54, 1.807) is 13.8 Å². The van der Waals surface area contributed by atoms with Gasteiger partial charge in [-0.25, -0.2) is 13.4 Å². The fourth-order valence-corrected chi connectivity index (χ4v) is 1.52. The second-order valence-electron chi connectivity index (χ2n) is 3.19. The number of nitrogens with zero attached hydrogens (tertiary/aromatic N) is 1. The molecule has 1 aromatic heterocycles. The number of hydrogen-bond donors (Lipinski definition) is 0. The molecular weight excluding hydrogens is 226 g/mol. The topological polar surface area (TPSA) is 60.2 Å². The lowest BCUT2D eigenvalue weighted by Crippen LogP contribution is -2.06. The summed E-state index contributed by atoms with van der Waals surface area (Å²) in [7, 11) is -3.15. The summed E-state index contributed by atoms with van der Waals surface area (Å²) >= 11 is 5.73. The average Bonchev–Trinajstić information content (AvgIpc) is 2.48. The van der Waals surface area contributed by atoms with Gasteiger partial charge in [-0.05, 0) is 13.8 Å². The van der Waals surface area contributed by atoms with Crippen molar-refractivity contribution >= 4 is 21.4 Å². The van der Waals surface area contributed by atoms with E-state index in [2.05, 4.69) is 4.98 Å². The fourth-order valence-electron chi connectivity index (χ4n) is 0.884. The van der Waals surface area contributed by atoms with Gasteiger partial charge >= 0.3 is 0 Å². The maximum atomic E-state index is 11.2. The first-order valence-electron chi connectivity index (χ1n) is 4.11. The van der Waals surface area contributed by atoms with Crippen LogP contribution in [0.15, 0.2) is 10.6 Å². The highest BCUT2D eigenvalue weighted by atomic mass is 35.5. The number of aromatic nitrogens is 1. The van der Waals surface area contributed by atoms with Gasteiger partial charge in [-0.2, -0.15) is 0 Å². The quantitative estimate of drug-likeness (QED) is 0.756. The Bertz CT molecular complexity index is 410. The van der Waals surface area contributed by atoms with Crippen LogP contribution in [0, 0.1) is 0 Å². The molecular formula is C8H12ClNO3S. The zero-order valence-corrected chi connectivity index (χ0v) is 9.76. The highest BCUT2D eigenvalue weighted by Gasteiger charge is 2.22. The van der Waals surface area contributed by atoms with Crippen LogP contribution in [0.25, 0.3) is 0 Å². The highest BCUT2D eigenvalue weighted by Crippen LogP contribution is 2.25. The minimum atomic E-state index is -3.15. The summed E-state index contributed by atoms with van der Waals surface area (Å²) in [5.74, 6) is 0.673. The summed E-state index contributed by atoms with van der Waals surface area (Å²) in [5.41, 5.74) is 0. The van der Waals surface area contributed by atoms with Crippen molar-refractivity contribution in [3.63, 3.8) is 0 Å². The monoisotopic (exact) mass is 237 g/mol. The first-order valence-corrected chi connectivity index (χ1v) is 6.50. The van der Waals surface area contributed by atoms with E-state index in [1.807, 2.05) is 0 Å². The van der Waals surface area contributed by atoms with Crippen LogP contribution in [-0.2, 0) is 9.84 Å². The molecule has 0 aliphatic carbocycles. The van der Waals surface area contributed by atoms with E-state index in [9.17, 15) is 8.42 Å². The molecule has 0 fully saturated rings. The Kier molecular flexibility index (Phi) is 3.21. The minimum absolute atomic E-state index is 0.329. The van der Waals surface area contributed by atoms with Gasteiger partial charge in [-0.1, -0.05) is 0 Å². The Morgan fingerprint density at radius 1 is 1.50 bits per heavy atom. The molecule has 0 saturated heterocycles. The van der Waals surface area contributed by atoms with Crippen LogP contribution in [-0.4, -0.2) is 19.7 Å². The van der Waals surface area contributed by atoms with E-state index < -0.39 is 15.1 Å². The molecule has 0 radical (unpaired) electrons. The number of sulfone groups is 1. The lowest BCUT2D eigenvalue weighted by molar-refractivity contribution is 0.451. The predicted molar refractivity (Wildman–Crippen MR) is 54.0 cm³/mol. The van der Waals surface area contributed by atoms with Gasteiger partial charge in [0.2, 0.25) is 5.89 Å². The summed E-state index contributed by atoms with van der Waals surface area (Å²) in [4.78, 5) is 3.89. The van der Waals surface area contributed by atoms with Gasteiger partial charge in [0.15, 0.2) is 9.84 Å². The number of rotatable bonds is 3. The smallest absolute Gasteiger partial charge is 0.212 e. The van der Waals surface area contributed by atoms with Crippen LogP contribution < -0.4 is 0 Å². The first kappa shape index (κ1) is 11.5. The Hall–Kier alpha value is -0.550. The highest BCUT2D eigenvalue weighted by molar-refractivity contribution is 7.90. The molecule has 14 heavy (non-hydrogen) atoms. The Balaban J connectivity index is 2.98. The van der Waals surface area contributed by atoms with E-state index in [0.717, 1.165) is 6.26 Å². The number of halogens is 1. The number of alkyl halides is 1. The summed E-state index contributed by atoms with van der Waals surface area (Å²) in [6, 6.07) is 0. The third kappa shape index (κ3) is 2.48. The lowest BCUT2D eigenvalue weighted by atomic mass is 10.4. The Labute approximate surface area is 88.2 Å². The number of hydrogen-bond acceptors (Lipinski definition) is 4. The second kappa shape index (κ2) is 3.90. The van der Waals surface area contributed by atoms with Gasteiger partial charge in [0.05, 0.1) is 6.20 Å². The molecule has 2 atom stereocenters. The van der Waals surface area contributed by atoms with Crippen molar-refractivity contribution in [2.24, 2.45) is 0 Å². The molecule has 4 nitrogen and oxygen atoms in total. The molecule has 1 aromatic rings. The van der Waals surface area contributed by atoms with E-state index in [4.69, 9.17) is 16.0 Å². The molecule has 0 aliphatic heterocycles. The minimum Gasteiger partial charge on any atom is -0.443 e. The van der Waals surface area contributed by atoms with Gasteiger partial charge in [0.1, 0.15) is 16.4 Å². The van der Waals surface area contributed by atoms with E-state index >= 15 is 0 Å². The third-order valence-electron chi connectivity index (χ3n) is 1.92. The molecule has 0 saturated carbocycles. The molecule has 0 spiro atoms. The standard InChI is InChI=1S/C8H12ClNO3S/c1-5(9)8-10-4-7(13-8)6(2)14(3,11)12/h4-6H,1-3H3. The van der Waals surface area contributed by atoms with Crippen molar-refractivity contribution < 1.29 is 12.8 Å². The maximum absolute atomic E-state index is 11.2. The normalized spacial score (nSPS) is 16.6. The van der Waals surface area contributed by atoms with Crippen LogP contribution >= 0.6 is 11.6 Å². The molecule has 1 rings (SSSR count). The van der Waals surface area contributed by atoms with Crippen LogP contribution in [0.2, 0.25) is 0 Å².